The zero-order chi connectivity index (χ0) is 10.6. The molecule has 1 N–H and O–H groups in total. The molecule has 0 amide bonds. The zero-order valence-corrected chi connectivity index (χ0v) is 9.68. The van der Waals surface area contributed by atoms with Gasteiger partial charge in [-0.05, 0) is 40.2 Å². The van der Waals surface area contributed by atoms with E-state index in [1.54, 1.807) is 0 Å². The molecule has 2 heteroatoms. The van der Waals surface area contributed by atoms with E-state index in [4.69, 9.17) is 4.74 Å². The number of hydrogen-bond acceptors (Lipinski definition) is 2. The van der Waals surface area contributed by atoms with Crippen LogP contribution >= 0.6 is 0 Å². The van der Waals surface area contributed by atoms with E-state index in [1.807, 2.05) is 7.05 Å². The summed E-state index contributed by atoms with van der Waals surface area (Å²) in [6, 6.07) is 0.587. The van der Waals surface area contributed by atoms with Gasteiger partial charge >= 0.3 is 0 Å². The minimum Gasteiger partial charge on any atom is -0.378 e. The quantitative estimate of drug-likeness (QED) is 0.683. The first-order valence-electron chi connectivity index (χ1n) is 5.58. The predicted octanol–water partition coefficient (Wildman–Crippen LogP) is 2.36. The number of hydrogen-bond donors (Lipinski definition) is 1. The van der Waals surface area contributed by atoms with Gasteiger partial charge in [0.2, 0.25) is 0 Å². The van der Waals surface area contributed by atoms with Crippen LogP contribution in [0.15, 0.2) is 12.2 Å². The molecule has 82 valence electrons. The van der Waals surface area contributed by atoms with Gasteiger partial charge in [0.1, 0.15) is 0 Å². The van der Waals surface area contributed by atoms with Crippen molar-refractivity contribution in [1.29, 1.82) is 0 Å². The van der Waals surface area contributed by atoms with Crippen LogP contribution in [-0.2, 0) is 4.74 Å². The summed E-state index contributed by atoms with van der Waals surface area (Å²) in [5, 5.41) is 3.41. The van der Waals surface area contributed by atoms with E-state index in [9.17, 15) is 0 Å². The molecule has 1 rings (SSSR count). The molecule has 0 aromatic carbocycles. The number of ether oxygens (including phenoxy) is 1. The van der Waals surface area contributed by atoms with Crippen LogP contribution in [0.4, 0.5) is 0 Å². The van der Waals surface area contributed by atoms with Crippen LogP contribution in [0.1, 0.15) is 33.1 Å². The molecule has 2 nitrogen and oxygen atoms in total. The Labute approximate surface area is 87.7 Å². The molecule has 3 atom stereocenters. The first kappa shape index (κ1) is 11.7. The molecule has 1 fully saturated rings. The Morgan fingerprint density at radius 1 is 1.64 bits per heavy atom. The van der Waals surface area contributed by atoms with Crippen molar-refractivity contribution in [3.63, 3.8) is 0 Å². The molecule has 1 saturated heterocycles. The monoisotopic (exact) mass is 197 g/mol. The third kappa shape index (κ3) is 3.10. The molecular formula is C12H23NO. The molecule has 1 aliphatic heterocycles. The predicted molar refractivity (Wildman–Crippen MR) is 60.4 cm³/mol. The summed E-state index contributed by atoms with van der Waals surface area (Å²) in [5.74, 6) is 0.680. The Morgan fingerprint density at radius 3 is 2.79 bits per heavy atom. The molecule has 3 unspecified atom stereocenters. The van der Waals surface area contributed by atoms with Gasteiger partial charge < -0.3 is 10.1 Å². The maximum Gasteiger partial charge on any atom is 0.0590 e. The van der Waals surface area contributed by atoms with Crippen LogP contribution in [0, 0.1) is 5.92 Å². The lowest BCUT2D eigenvalue weighted by atomic mass is 9.89. The minimum atomic E-state index is 0.414. The average Bonchev–Trinajstić information content (AvgIpc) is 2.53. The summed E-state index contributed by atoms with van der Waals surface area (Å²) < 4.78 is 5.59. The van der Waals surface area contributed by atoms with Gasteiger partial charge in [-0.2, -0.15) is 0 Å². The highest BCUT2D eigenvalue weighted by molar-refractivity contribution is 4.92. The Kier molecular flexibility index (Phi) is 4.63. The first-order valence-corrected chi connectivity index (χ1v) is 5.58. The minimum absolute atomic E-state index is 0.414. The van der Waals surface area contributed by atoms with Crippen LogP contribution in [0.3, 0.4) is 0 Å². The van der Waals surface area contributed by atoms with Crippen molar-refractivity contribution in [1.82, 2.24) is 5.32 Å². The van der Waals surface area contributed by atoms with Crippen molar-refractivity contribution in [2.24, 2.45) is 5.92 Å². The van der Waals surface area contributed by atoms with Gasteiger partial charge in [0, 0.05) is 18.6 Å². The molecule has 0 aromatic heterocycles. The molecule has 14 heavy (non-hydrogen) atoms. The highest BCUT2D eigenvalue weighted by Crippen LogP contribution is 2.26. The van der Waals surface area contributed by atoms with E-state index in [2.05, 4.69) is 25.7 Å². The van der Waals surface area contributed by atoms with Gasteiger partial charge in [-0.25, -0.2) is 0 Å². The molecule has 0 aliphatic carbocycles. The van der Waals surface area contributed by atoms with Crippen molar-refractivity contribution >= 4 is 0 Å². The van der Waals surface area contributed by atoms with Crippen molar-refractivity contribution in [2.75, 3.05) is 13.7 Å². The summed E-state index contributed by atoms with van der Waals surface area (Å²) >= 11 is 0. The van der Waals surface area contributed by atoms with Crippen LogP contribution in [-0.4, -0.2) is 25.8 Å². The number of allylic oxidation sites excluding steroid dienone is 1. The van der Waals surface area contributed by atoms with Crippen LogP contribution in [0.25, 0.3) is 0 Å². The first-order chi connectivity index (χ1) is 6.65. The SMILES string of the molecule is C=C(C)CCC(NC)C1CCOC1C. The van der Waals surface area contributed by atoms with E-state index in [1.165, 1.54) is 18.4 Å². The van der Waals surface area contributed by atoms with Crippen LogP contribution < -0.4 is 5.32 Å². The van der Waals surface area contributed by atoms with E-state index >= 15 is 0 Å². The maximum atomic E-state index is 5.59. The highest BCUT2D eigenvalue weighted by Gasteiger charge is 2.30. The Balaban J connectivity index is 2.40. The lowest BCUT2D eigenvalue weighted by molar-refractivity contribution is 0.0953. The molecule has 1 aliphatic rings. The normalized spacial score (nSPS) is 29.1. The molecule has 0 saturated carbocycles. The average molecular weight is 197 g/mol. The zero-order valence-electron chi connectivity index (χ0n) is 9.68. The molecule has 0 spiro atoms. The second kappa shape index (κ2) is 5.52. The van der Waals surface area contributed by atoms with Crippen LogP contribution in [0.2, 0.25) is 0 Å². The fourth-order valence-electron chi connectivity index (χ4n) is 2.25. The van der Waals surface area contributed by atoms with Gasteiger partial charge in [0.15, 0.2) is 0 Å². The van der Waals surface area contributed by atoms with Gasteiger partial charge in [-0.1, -0.05) is 5.57 Å². The van der Waals surface area contributed by atoms with Crippen molar-refractivity contribution in [3.8, 4) is 0 Å². The fraction of sp³-hybridized carbons (Fsp3) is 0.833. The standard InChI is InChI=1S/C12H23NO/c1-9(2)5-6-12(13-4)11-7-8-14-10(11)3/h10-13H,1,5-8H2,2-4H3. The Bertz CT molecular complexity index is 191. The summed E-state index contributed by atoms with van der Waals surface area (Å²) in [6.07, 6.45) is 3.92. The van der Waals surface area contributed by atoms with E-state index in [0.717, 1.165) is 13.0 Å². The summed E-state index contributed by atoms with van der Waals surface area (Å²) in [5.41, 5.74) is 1.27. The van der Waals surface area contributed by atoms with Gasteiger partial charge in [-0.15, -0.1) is 6.58 Å². The smallest absolute Gasteiger partial charge is 0.0590 e. The topological polar surface area (TPSA) is 21.3 Å². The van der Waals surface area contributed by atoms with Crippen molar-refractivity contribution in [2.45, 2.75) is 45.3 Å². The van der Waals surface area contributed by atoms with Gasteiger partial charge in [0.25, 0.3) is 0 Å². The van der Waals surface area contributed by atoms with E-state index < -0.39 is 0 Å². The fourth-order valence-corrected chi connectivity index (χ4v) is 2.25. The Morgan fingerprint density at radius 2 is 2.36 bits per heavy atom. The van der Waals surface area contributed by atoms with Gasteiger partial charge in [-0.3, -0.25) is 0 Å². The van der Waals surface area contributed by atoms with E-state index in [-0.39, 0.29) is 0 Å². The lowest BCUT2D eigenvalue weighted by Crippen LogP contribution is -2.37. The largest absolute Gasteiger partial charge is 0.378 e. The summed E-state index contributed by atoms with van der Waals surface area (Å²) in [7, 11) is 2.05. The number of nitrogens with one attached hydrogen (secondary N) is 1. The van der Waals surface area contributed by atoms with Gasteiger partial charge in [0.05, 0.1) is 6.10 Å². The Hall–Kier alpha value is -0.340. The molecule has 1 heterocycles. The second-order valence-electron chi connectivity index (χ2n) is 4.42. The molecule has 0 radical (unpaired) electrons. The summed E-state index contributed by atoms with van der Waals surface area (Å²) in [4.78, 5) is 0. The molecule has 0 aromatic rings. The van der Waals surface area contributed by atoms with Crippen molar-refractivity contribution in [3.05, 3.63) is 12.2 Å². The molecule has 0 bridgehead atoms. The highest BCUT2D eigenvalue weighted by atomic mass is 16.5. The molecular weight excluding hydrogens is 174 g/mol. The maximum absolute atomic E-state index is 5.59. The summed E-state index contributed by atoms with van der Waals surface area (Å²) in [6.45, 7) is 9.16. The third-order valence-corrected chi connectivity index (χ3v) is 3.20. The van der Waals surface area contributed by atoms with Crippen LogP contribution in [0.5, 0.6) is 0 Å². The second-order valence-corrected chi connectivity index (χ2v) is 4.42. The third-order valence-electron chi connectivity index (χ3n) is 3.20. The van der Waals surface area contributed by atoms with E-state index in [0.29, 0.717) is 18.1 Å². The lowest BCUT2D eigenvalue weighted by Gasteiger charge is -2.25. The van der Waals surface area contributed by atoms with Crippen molar-refractivity contribution < 1.29 is 4.74 Å². The number of rotatable bonds is 5.